The highest BCUT2D eigenvalue weighted by Gasteiger charge is 2.33. The number of hydrogen-bond donors (Lipinski definition) is 1. The second kappa shape index (κ2) is 12.5. The molecule has 2 unspecified atom stereocenters. The lowest BCUT2D eigenvalue weighted by Crippen LogP contribution is -2.53. The van der Waals surface area contributed by atoms with Crippen LogP contribution in [0.3, 0.4) is 0 Å². The Morgan fingerprint density at radius 2 is 1.50 bits per heavy atom. The van der Waals surface area contributed by atoms with Crippen molar-refractivity contribution in [2.75, 3.05) is 13.1 Å². The zero-order valence-electron chi connectivity index (χ0n) is 17.7. The molecule has 0 fully saturated rings. The zero-order chi connectivity index (χ0) is 22.0. The molecule has 0 rings (SSSR count). The van der Waals surface area contributed by atoms with E-state index in [1.165, 1.54) is 0 Å². The zero-order valence-corrected chi connectivity index (χ0v) is 18.6. The molecule has 0 aliphatic heterocycles. The normalized spacial score (nSPS) is 13.0. The van der Waals surface area contributed by atoms with Gasteiger partial charge in [-0.2, -0.15) is 0 Å². The third-order valence-electron chi connectivity index (χ3n) is 3.83. The Labute approximate surface area is 171 Å². The van der Waals surface area contributed by atoms with Gasteiger partial charge in [0, 0.05) is 24.3 Å². The molecule has 0 aromatic rings. The minimum atomic E-state index is -1.06. The number of nitrogens with one attached hydrogen (secondary N) is 1. The van der Waals surface area contributed by atoms with Crippen molar-refractivity contribution in [1.82, 2.24) is 10.2 Å². The van der Waals surface area contributed by atoms with E-state index in [-0.39, 0.29) is 17.7 Å². The lowest BCUT2D eigenvalue weighted by molar-refractivity contribution is -0.157. The number of carbonyl (C=O) groups is 5. The number of Topliss-reactive ketones (excluding diaryl/α,β-unsaturated/α-hetero) is 1. The average molecular weight is 417 g/mol. The maximum Gasteiger partial charge on any atom is 0.375 e. The highest BCUT2D eigenvalue weighted by molar-refractivity contribution is 8.14. The van der Waals surface area contributed by atoms with Gasteiger partial charge in [-0.1, -0.05) is 32.5 Å². The predicted molar refractivity (Wildman–Crippen MR) is 108 cm³/mol. The van der Waals surface area contributed by atoms with E-state index in [0.29, 0.717) is 13.1 Å². The van der Waals surface area contributed by atoms with Gasteiger partial charge in [-0.15, -0.1) is 0 Å². The van der Waals surface area contributed by atoms with Crippen LogP contribution in [0.4, 0.5) is 0 Å². The highest BCUT2D eigenvalue weighted by atomic mass is 32.2. The molecule has 28 heavy (non-hydrogen) atoms. The maximum absolute atomic E-state index is 12.8. The van der Waals surface area contributed by atoms with Crippen molar-refractivity contribution in [2.24, 2.45) is 5.92 Å². The van der Waals surface area contributed by atoms with E-state index in [0.717, 1.165) is 11.8 Å². The Kier molecular flexibility index (Phi) is 11.7. The molecule has 0 spiro atoms. The first kappa shape index (κ1) is 26.1. The Balaban J connectivity index is 5.16. The molecule has 0 heterocycles. The lowest BCUT2D eigenvalue weighted by atomic mass is 10.1. The van der Waals surface area contributed by atoms with Crippen LogP contribution in [0.5, 0.6) is 0 Å². The molecule has 9 heteroatoms. The molecule has 0 aliphatic rings. The molecular formula is C19H32N2O6S. The van der Waals surface area contributed by atoms with Crippen LogP contribution in [0.1, 0.15) is 54.9 Å². The van der Waals surface area contributed by atoms with Crippen LogP contribution in [0.15, 0.2) is 0 Å². The minimum Gasteiger partial charge on any atom is -0.457 e. The fraction of sp³-hybridized carbons (Fsp3) is 0.737. The number of carbonyl (C=O) groups excluding carboxylic acids is 5. The van der Waals surface area contributed by atoms with Crippen molar-refractivity contribution in [3.63, 3.8) is 0 Å². The molecule has 0 bridgehead atoms. The van der Waals surface area contributed by atoms with Crippen LogP contribution < -0.4 is 5.32 Å². The van der Waals surface area contributed by atoms with Gasteiger partial charge in [0.05, 0.1) is 12.5 Å². The highest BCUT2D eigenvalue weighted by Crippen LogP contribution is 2.20. The summed E-state index contributed by atoms with van der Waals surface area (Å²) in [4.78, 5) is 62.0. The van der Waals surface area contributed by atoms with E-state index in [4.69, 9.17) is 4.74 Å². The lowest BCUT2D eigenvalue weighted by Gasteiger charge is -2.29. The van der Waals surface area contributed by atoms with E-state index in [1.807, 2.05) is 13.8 Å². The maximum atomic E-state index is 12.8. The Morgan fingerprint density at radius 3 is 1.93 bits per heavy atom. The van der Waals surface area contributed by atoms with Crippen molar-refractivity contribution in [1.29, 1.82) is 0 Å². The quantitative estimate of drug-likeness (QED) is 0.309. The summed E-state index contributed by atoms with van der Waals surface area (Å²) < 4.78 is 4.78. The van der Waals surface area contributed by atoms with Gasteiger partial charge in [-0.3, -0.25) is 19.2 Å². The summed E-state index contributed by atoms with van der Waals surface area (Å²) in [6, 6.07) is -0.915. The largest absolute Gasteiger partial charge is 0.457 e. The topological polar surface area (TPSA) is 110 Å². The summed E-state index contributed by atoms with van der Waals surface area (Å²) in [6.45, 7) is 12.8. The van der Waals surface area contributed by atoms with E-state index in [9.17, 15) is 24.0 Å². The van der Waals surface area contributed by atoms with Gasteiger partial charge in [0.1, 0.15) is 6.04 Å². The van der Waals surface area contributed by atoms with Crippen LogP contribution >= 0.6 is 11.8 Å². The van der Waals surface area contributed by atoms with Crippen LogP contribution in [0, 0.1) is 5.92 Å². The number of ketones is 1. The first-order valence-corrected chi connectivity index (χ1v) is 10.3. The van der Waals surface area contributed by atoms with Crippen LogP contribution in [-0.4, -0.2) is 64.1 Å². The number of thioether (sulfide) groups is 1. The van der Waals surface area contributed by atoms with Crippen molar-refractivity contribution >= 4 is 40.4 Å². The first-order valence-electron chi connectivity index (χ1n) is 9.46. The van der Waals surface area contributed by atoms with Gasteiger partial charge in [-0.25, -0.2) is 4.79 Å². The minimum absolute atomic E-state index is 0.294. The monoisotopic (exact) mass is 416 g/mol. The van der Waals surface area contributed by atoms with Crippen LogP contribution in [-0.2, 0) is 28.7 Å². The van der Waals surface area contributed by atoms with Crippen LogP contribution in [0.25, 0.3) is 0 Å². The average Bonchev–Trinajstić information content (AvgIpc) is 2.59. The first-order chi connectivity index (χ1) is 12.9. The Morgan fingerprint density at radius 1 is 0.964 bits per heavy atom. The van der Waals surface area contributed by atoms with Gasteiger partial charge >= 0.3 is 5.97 Å². The van der Waals surface area contributed by atoms with E-state index in [2.05, 4.69) is 5.32 Å². The summed E-state index contributed by atoms with van der Waals surface area (Å²) >= 11 is 0.763. The molecule has 2 amide bonds. The molecule has 0 aromatic carbocycles. The van der Waals surface area contributed by atoms with Crippen molar-refractivity contribution in [3.8, 4) is 0 Å². The number of ether oxygens (including phenoxy) is 1. The summed E-state index contributed by atoms with van der Waals surface area (Å²) in [5, 5.41) is 1.52. The molecule has 1 N–H and O–H groups in total. The predicted octanol–water partition coefficient (Wildman–Crippen LogP) is 1.55. The molecule has 0 radical (unpaired) electrons. The van der Waals surface area contributed by atoms with Gasteiger partial charge in [0.2, 0.25) is 17.6 Å². The van der Waals surface area contributed by atoms with E-state index >= 15 is 0 Å². The molecule has 0 saturated heterocycles. The SMILES string of the molecule is CCN(CC)C(=O)C(NC(=O)C(C)C)C(C)SC(=O)CC(=O)C(=O)OC(C)C. The number of nitrogens with zero attached hydrogens (tertiary/aromatic N) is 1. The summed E-state index contributed by atoms with van der Waals surface area (Å²) in [5.41, 5.74) is 0. The van der Waals surface area contributed by atoms with Crippen molar-refractivity contribution in [2.45, 2.75) is 72.3 Å². The summed E-state index contributed by atoms with van der Waals surface area (Å²) in [6.07, 6.45) is -1.08. The molecule has 0 aromatic heterocycles. The number of esters is 1. The second-order valence-corrected chi connectivity index (χ2v) is 8.34. The van der Waals surface area contributed by atoms with Gasteiger partial charge in [0.15, 0.2) is 5.12 Å². The number of amides is 2. The van der Waals surface area contributed by atoms with Crippen molar-refractivity contribution in [3.05, 3.63) is 0 Å². The molecule has 8 nitrogen and oxygen atoms in total. The van der Waals surface area contributed by atoms with E-state index in [1.54, 1.807) is 39.5 Å². The standard InChI is InChI=1S/C19H32N2O6S/c1-8-21(9-2)18(25)16(20-17(24)11(3)4)13(7)28-15(23)10-14(22)19(26)27-12(5)6/h11-13,16H,8-10H2,1-7H3,(H,20,24). The fourth-order valence-corrected chi connectivity index (χ4v) is 3.18. The summed E-state index contributed by atoms with van der Waals surface area (Å²) in [5.74, 6) is -2.91. The van der Waals surface area contributed by atoms with Crippen molar-refractivity contribution < 1.29 is 28.7 Å². The summed E-state index contributed by atoms with van der Waals surface area (Å²) in [7, 11) is 0. The van der Waals surface area contributed by atoms with Crippen LogP contribution in [0.2, 0.25) is 0 Å². The molecule has 160 valence electrons. The van der Waals surface area contributed by atoms with Gasteiger partial charge < -0.3 is 15.0 Å². The van der Waals surface area contributed by atoms with Gasteiger partial charge in [0.25, 0.3) is 0 Å². The third-order valence-corrected chi connectivity index (χ3v) is 4.88. The number of rotatable bonds is 11. The number of hydrogen-bond acceptors (Lipinski definition) is 7. The smallest absolute Gasteiger partial charge is 0.375 e. The molecular weight excluding hydrogens is 384 g/mol. The van der Waals surface area contributed by atoms with Gasteiger partial charge in [-0.05, 0) is 27.7 Å². The number of likely N-dealkylation sites (N-methyl/N-ethyl adjacent to an activating group) is 1. The Bertz CT molecular complexity index is 587. The van der Waals surface area contributed by atoms with E-state index < -0.39 is 40.7 Å². The molecule has 0 aliphatic carbocycles. The second-order valence-electron chi connectivity index (χ2n) is 6.90. The fourth-order valence-electron chi connectivity index (χ4n) is 2.23. The third kappa shape index (κ3) is 8.86. The molecule has 2 atom stereocenters. The molecule has 0 saturated carbocycles. The Hall–Kier alpha value is -1.90.